The van der Waals surface area contributed by atoms with E-state index in [1.807, 2.05) is 18.2 Å². The fraction of sp³-hybridized carbons (Fsp3) is 0.400. The van der Waals surface area contributed by atoms with Gasteiger partial charge in [0.05, 0.1) is 7.11 Å². The van der Waals surface area contributed by atoms with Crippen molar-refractivity contribution in [3.63, 3.8) is 0 Å². The monoisotopic (exact) mass is 398 g/mol. The van der Waals surface area contributed by atoms with Gasteiger partial charge in [-0.05, 0) is 24.1 Å². The molecule has 0 amide bonds. The van der Waals surface area contributed by atoms with Crippen LogP contribution in [0.4, 0.5) is 8.78 Å². The van der Waals surface area contributed by atoms with Crippen molar-refractivity contribution < 1.29 is 18.3 Å². The van der Waals surface area contributed by atoms with Crippen molar-refractivity contribution in [1.82, 2.24) is 4.90 Å². The number of nitrogens with two attached hydrogens (primary N) is 1. The predicted octanol–water partition coefficient (Wildman–Crippen LogP) is 3.89. The number of para-hydroxylation sites is 1. The van der Waals surface area contributed by atoms with Gasteiger partial charge in [0, 0.05) is 31.1 Å². The van der Waals surface area contributed by atoms with Gasteiger partial charge >= 0.3 is 6.61 Å². The highest BCUT2D eigenvalue weighted by molar-refractivity contribution is 5.85. The van der Waals surface area contributed by atoms with E-state index in [9.17, 15) is 8.78 Å². The van der Waals surface area contributed by atoms with Crippen LogP contribution in [0.3, 0.4) is 0 Å². The number of hydrogen-bond acceptors (Lipinski definition) is 4. The molecule has 0 aromatic heterocycles. The fourth-order valence-corrected chi connectivity index (χ4v) is 3.72. The summed E-state index contributed by atoms with van der Waals surface area (Å²) in [5.41, 5.74) is 7.94. The predicted molar refractivity (Wildman–Crippen MR) is 104 cm³/mol. The molecule has 27 heavy (non-hydrogen) atoms. The molecule has 1 aliphatic rings. The van der Waals surface area contributed by atoms with Crippen molar-refractivity contribution in [1.29, 1.82) is 0 Å². The Hall–Kier alpha value is -1.89. The van der Waals surface area contributed by atoms with Gasteiger partial charge in [-0.1, -0.05) is 42.5 Å². The Morgan fingerprint density at radius 3 is 2.48 bits per heavy atom. The maximum atomic E-state index is 12.8. The molecule has 1 saturated heterocycles. The normalized spacial score (nSPS) is 19.7. The Morgan fingerprint density at radius 2 is 1.85 bits per heavy atom. The molecule has 0 saturated carbocycles. The van der Waals surface area contributed by atoms with Crippen LogP contribution in [0.2, 0.25) is 0 Å². The summed E-state index contributed by atoms with van der Waals surface area (Å²) in [4.78, 5) is 2.24. The lowest BCUT2D eigenvalue weighted by atomic mass is 9.89. The maximum Gasteiger partial charge on any atom is 0.387 e. The van der Waals surface area contributed by atoms with Gasteiger partial charge in [-0.15, -0.1) is 12.4 Å². The molecule has 0 unspecified atom stereocenters. The summed E-state index contributed by atoms with van der Waals surface area (Å²) >= 11 is 0. The zero-order valence-corrected chi connectivity index (χ0v) is 16.0. The SMILES string of the molecule is COc1cccc(CN2C[C@@H](CN)[C@H](c3ccccc3)C2)c1OC(F)F.Cl. The molecule has 0 spiro atoms. The van der Waals surface area contributed by atoms with Crippen LogP contribution in [-0.4, -0.2) is 38.3 Å². The lowest BCUT2D eigenvalue weighted by Crippen LogP contribution is -2.23. The van der Waals surface area contributed by atoms with E-state index in [0.29, 0.717) is 36.2 Å². The van der Waals surface area contributed by atoms with Gasteiger partial charge in [0.15, 0.2) is 11.5 Å². The van der Waals surface area contributed by atoms with Crippen LogP contribution in [0.15, 0.2) is 48.5 Å². The minimum atomic E-state index is -2.89. The molecule has 4 nitrogen and oxygen atoms in total. The zero-order chi connectivity index (χ0) is 18.5. The first kappa shape index (κ1) is 21.4. The third-order valence-corrected chi connectivity index (χ3v) is 4.93. The van der Waals surface area contributed by atoms with E-state index in [2.05, 4.69) is 17.0 Å². The molecule has 7 heteroatoms. The van der Waals surface area contributed by atoms with Gasteiger partial charge in [-0.3, -0.25) is 4.90 Å². The zero-order valence-electron chi connectivity index (χ0n) is 15.2. The second-order valence-corrected chi connectivity index (χ2v) is 6.53. The Balaban J connectivity index is 0.00000261. The molecule has 1 aliphatic heterocycles. The van der Waals surface area contributed by atoms with E-state index in [4.69, 9.17) is 15.2 Å². The van der Waals surface area contributed by atoms with E-state index in [1.165, 1.54) is 12.7 Å². The third kappa shape index (κ3) is 5.09. The van der Waals surface area contributed by atoms with Crippen LogP contribution in [0, 0.1) is 5.92 Å². The Bertz CT molecular complexity index is 718. The first-order valence-electron chi connectivity index (χ1n) is 8.70. The molecular weight excluding hydrogens is 374 g/mol. The lowest BCUT2D eigenvalue weighted by Gasteiger charge is -2.20. The maximum absolute atomic E-state index is 12.8. The minimum absolute atomic E-state index is 0. The molecule has 0 radical (unpaired) electrons. The molecule has 1 heterocycles. The van der Waals surface area contributed by atoms with Crippen LogP contribution < -0.4 is 15.2 Å². The van der Waals surface area contributed by atoms with Gasteiger partial charge in [0.1, 0.15) is 0 Å². The molecule has 2 atom stereocenters. The summed E-state index contributed by atoms with van der Waals surface area (Å²) in [5.74, 6) is 1.10. The van der Waals surface area contributed by atoms with Crippen molar-refractivity contribution in [3.8, 4) is 11.5 Å². The average Bonchev–Trinajstić information content (AvgIpc) is 3.06. The summed E-state index contributed by atoms with van der Waals surface area (Å²) < 4.78 is 35.6. The first-order valence-corrected chi connectivity index (χ1v) is 8.70. The molecule has 0 bridgehead atoms. The van der Waals surface area contributed by atoms with Crippen LogP contribution in [-0.2, 0) is 6.54 Å². The van der Waals surface area contributed by atoms with Crippen molar-refractivity contribution in [2.75, 3.05) is 26.7 Å². The highest BCUT2D eigenvalue weighted by Gasteiger charge is 2.33. The van der Waals surface area contributed by atoms with Crippen LogP contribution in [0.25, 0.3) is 0 Å². The number of rotatable bonds is 7. The van der Waals surface area contributed by atoms with E-state index < -0.39 is 6.61 Å². The Kier molecular flexibility index (Phi) is 7.83. The first-order chi connectivity index (χ1) is 12.6. The van der Waals surface area contributed by atoms with E-state index in [1.54, 1.807) is 18.2 Å². The number of halogens is 3. The lowest BCUT2D eigenvalue weighted by molar-refractivity contribution is -0.0521. The van der Waals surface area contributed by atoms with Crippen molar-refractivity contribution in [2.24, 2.45) is 11.7 Å². The number of nitrogens with zero attached hydrogens (tertiary/aromatic N) is 1. The molecule has 1 fully saturated rings. The number of methoxy groups -OCH3 is 1. The van der Waals surface area contributed by atoms with Gasteiger partial charge < -0.3 is 15.2 Å². The second kappa shape index (κ2) is 9.88. The summed E-state index contributed by atoms with van der Waals surface area (Å²) in [7, 11) is 1.45. The number of ether oxygens (including phenoxy) is 2. The summed E-state index contributed by atoms with van der Waals surface area (Å²) in [5, 5.41) is 0. The van der Waals surface area contributed by atoms with Gasteiger partial charge in [0.25, 0.3) is 0 Å². The third-order valence-electron chi connectivity index (χ3n) is 4.93. The fourth-order valence-electron chi connectivity index (χ4n) is 3.72. The highest BCUT2D eigenvalue weighted by Crippen LogP contribution is 2.37. The smallest absolute Gasteiger partial charge is 0.387 e. The molecule has 2 N–H and O–H groups in total. The van der Waals surface area contributed by atoms with Crippen LogP contribution >= 0.6 is 12.4 Å². The van der Waals surface area contributed by atoms with Gasteiger partial charge in [0.2, 0.25) is 0 Å². The summed E-state index contributed by atoms with van der Waals surface area (Å²) in [6.07, 6.45) is 0. The summed E-state index contributed by atoms with van der Waals surface area (Å²) in [6, 6.07) is 15.5. The Morgan fingerprint density at radius 1 is 1.11 bits per heavy atom. The van der Waals surface area contributed by atoms with E-state index in [-0.39, 0.29) is 18.2 Å². The largest absolute Gasteiger partial charge is 0.493 e. The van der Waals surface area contributed by atoms with Gasteiger partial charge in [-0.2, -0.15) is 8.78 Å². The quantitative estimate of drug-likeness (QED) is 0.768. The standard InChI is InChI=1S/C20H24F2N2O2.ClH/c1-25-18-9-5-8-15(19(18)26-20(21)22)11-24-12-16(10-23)17(13-24)14-6-3-2-4-7-14;/h2-9,16-17,20H,10-13,23H2,1H3;1H/t16-,17+;/m1./s1. The van der Waals surface area contributed by atoms with Crippen molar-refractivity contribution in [3.05, 3.63) is 59.7 Å². The highest BCUT2D eigenvalue weighted by atomic mass is 35.5. The number of hydrogen-bond donors (Lipinski definition) is 1. The number of benzene rings is 2. The van der Waals surface area contributed by atoms with Crippen LogP contribution in [0.1, 0.15) is 17.0 Å². The second-order valence-electron chi connectivity index (χ2n) is 6.53. The van der Waals surface area contributed by atoms with Gasteiger partial charge in [-0.25, -0.2) is 0 Å². The molecular formula is C20H25ClF2N2O2. The molecule has 0 aliphatic carbocycles. The topological polar surface area (TPSA) is 47.7 Å². The molecule has 2 aromatic rings. The van der Waals surface area contributed by atoms with E-state index in [0.717, 1.165) is 13.1 Å². The molecule has 148 valence electrons. The average molecular weight is 399 g/mol. The Labute approximate surface area is 164 Å². The minimum Gasteiger partial charge on any atom is -0.493 e. The molecule has 2 aromatic carbocycles. The van der Waals surface area contributed by atoms with E-state index >= 15 is 0 Å². The van der Waals surface area contributed by atoms with Crippen molar-refractivity contribution in [2.45, 2.75) is 19.1 Å². The molecule has 3 rings (SSSR count). The van der Waals surface area contributed by atoms with Crippen molar-refractivity contribution >= 4 is 12.4 Å². The summed E-state index contributed by atoms with van der Waals surface area (Å²) in [6.45, 7) is -0.135. The number of likely N-dealkylation sites (tertiary alicyclic amines) is 1. The number of alkyl halides is 2. The van der Waals surface area contributed by atoms with Crippen LogP contribution in [0.5, 0.6) is 11.5 Å².